The van der Waals surface area contributed by atoms with Crippen LogP contribution in [0.5, 0.6) is 0 Å². The summed E-state index contributed by atoms with van der Waals surface area (Å²) in [6.07, 6.45) is -4.07. The number of hydrogen-bond acceptors (Lipinski definition) is 4. The summed E-state index contributed by atoms with van der Waals surface area (Å²) < 4.78 is 51.1. The molecular weight excluding hydrogens is 289 g/mol. The molecule has 1 aliphatic heterocycles. The number of alkyl halides is 3. The first-order valence-corrected chi connectivity index (χ1v) is 9.70. The van der Waals surface area contributed by atoms with E-state index in [9.17, 15) is 18.0 Å². The lowest BCUT2D eigenvalue weighted by Gasteiger charge is -2.25. The van der Waals surface area contributed by atoms with Gasteiger partial charge in [0.15, 0.2) is 11.6 Å². The highest BCUT2D eigenvalue weighted by molar-refractivity contribution is 6.76. The molecule has 1 rings (SSSR count). The van der Waals surface area contributed by atoms with Gasteiger partial charge in [-0.05, 0) is 12.1 Å². The fraction of sp³-hybridized carbons (Fsp3) is 0.583. The van der Waals surface area contributed by atoms with E-state index in [1.54, 1.807) is 0 Å². The van der Waals surface area contributed by atoms with E-state index in [4.69, 9.17) is 6.11 Å². The molecule has 1 aliphatic rings. The second kappa shape index (κ2) is 6.38. The SMILES string of the molecule is [2H]C1=C(C(F)(F)F)C(=C=O)N(COCC[Si](C)(C)C)N=C1. The van der Waals surface area contributed by atoms with E-state index in [0.717, 1.165) is 17.3 Å². The van der Waals surface area contributed by atoms with Gasteiger partial charge >= 0.3 is 6.18 Å². The predicted octanol–water partition coefficient (Wildman–Crippen LogP) is 2.80. The van der Waals surface area contributed by atoms with Crippen LogP contribution in [0.3, 0.4) is 0 Å². The minimum Gasteiger partial charge on any atom is -0.359 e. The molecular formula is C12H17F3N2O2Si. The van der Waals surface area contributed by atoms with Crippen LogP contribution < -0.4 is 0 Å². The van der Waals surface area contributed by atoms with Crippen LogP contribution in [-0.2, 0) is 9.53 Å². The van der Waals surface area contributed by atoms with Crippen LogP contribution in [0.1, 0.15) is 1.37 Å². The van der Waals surface area contributed by atoms with Gasteiger partial charge in [-0.15, -0.1) is 0 Å². The first-order valence-electron chi connectivity index (χ1n) is 6.49. The molecule has 20 heavy (non-hydrogen) atoms. The van der Waals surface area contributed by atoms with Crippen molar-refractivity contribution in [3.63, 3.8) is 0 Å². The van der Waals surface area contributed by atoms with Gasteiger partial charge in [-0.3, -0.25) is 0 Å². The maximum Gasteiger partial charge on any atom is 0.419 e. The minimum absolute atomic E-state index is 0.279. The maximum absolute atomic E-state index is 12.8. The van der Waals surface area contributed by atoms with Crippen molar-refractivity contribution in [2.75, 3.05) is 13.3 Å². The number of carbonyl (C=O) groups excluding carboxylic acids is 1. The zero-order valence-corrected chi connectivity index (χ0v) is 12.5. The largest absolute Gasteiger partial charge is 0.419 e. The van der Waals surface area contributed by atoms with Crippen LogP contribution in [0.2, 0.25) is 25.7 Å². The maximum atomic E-state index is 12.8. The summed E-state index contributed by atoms with van der Waals surface area (Å²) in [6.45, 7) is 6.53. The van der Waals surface area contributed by atoms with Crippen molar-refractivity contribution in [2.45, 2.75) is 31.9 Å². The van der Waals surface area contributed by atoms with Crippen molar-refractivity contribution in [2.24, 2.45) is 5.10 Å². The Bertz CT molecular complexity index is 506. The normalized spacial score (nSPS) is 17.4. The van der Waals surface area contributed by atoms with Crippen molar-refractivity contribution >= 4 is 20.2 Å². The first-order chi connectivity index (χ1) is 9.56. The highest BCUT2D eigenvalue weighted by atomic mass is 28.3. The summed E-state index contributed by atoms with van der Waals surface area (Å²) in [5.41, 5.74) is -2.16. The monoisotopic (exact) mass is 307 g/mol. The Kier molecular flexibility index (Phi) is 4.80. The molecule has 0 saturated carbocycles. The number of allylic oxidation sites excluding steroid dienone is 2. The Morgan fingerprint density at radius 2 is 2.15 bits per heavy atom. The quantitative estimate of drug-likeness (QED) is 0.445. The second-order valence-corrected chi connectivity index (χ2v) is 11.1. The number of rotatable bonds is 5. The second-order valence-electron chi connectivity index (χ2n) is 5.46. The molecule has 8 heteroatoms. The van der Waals surface area contributed by atoms with Gasteiger partial charge in [0.2, 0.25) is 0 Å². The van der Waals surface area contributed by atoms with Crippen LogP contribution in [0, 0.1) is 0 Å². The van der Waals surface area contributed by atoms with E-state index in [-0.39, 0.29) is 6.73 Å². The minimum atomic E-state index is -4.81. The molecule has 0 saturated heterocycles. The predicted molar refractivity (Wildman–Crippen MR) is 72.6 cm³/mol. The van der Waals surface area contributed by atoms with Gasteiger partial charge in [0.05, 0.1) is 6.94 Å². The first kappa shape index (κ1) is 15.0. The van der Waals surface area contributed by atoms with Crippen LogP contribution in [0.25, 0.3) is 0 Å². The molecule has 0 spiro atoms. The van der Waals surface area contributed by atoms with E-state index in [2.05, 4.69) is 24.7 Å². The molecule has 0 aromatic rings. The standard InChI is InChI=1S/C12H17F3N2O2Si/c1-20(2,3)7-6-19-9-17-11(8-18)10(4-5-16-17)12(13,14)15/h4-5H,6-7,9H2,1-3H3/i4D. The van der Waals surface area contributed by atoms with Crippen LogP contribution >= 0.6 is 0 Å². The number of hydrogen-bond donors (Lipinski definition) is 0. The fourth-order valence-electron chi connectivity index (χ4n) is 1.37. The molecule has 0 aromatic heterocycles. The van der Waals surface area contributed by atoms with Crippen molar-refractivity contribution < 1.29 is 24.1 Å². The van der Waals surface area contributed by atoms with E-state index in [1.807, 2.05) is 0 Å². The highest BCUT2D eigenvalue weighted by Crippen LogP contribution is 2.32. The lowest BCUT2D eigenvalue weighted by atomic mass is 10.1. The molecule has 0 bridgehead atoms. The Morgan fingerprint density at radius 3 is 2.65 bits per heavy atom. The van der Waals surface area contributed by atoms with Gasteiger partial charge in [0, 0.05) is 20.9 Å². The summed E-state index contributed by atoms with van der Waals surface area (Å²) in [6, 6.07) is -0.0182. The molecule has 0 unspecified atom stereocenters. The van der Waals surface area contributed by atoms with Crippen LogP contribution in [-0.4, -0.2) is 44.8 Å². The van der Waals surface area contributed by atoms with Crippen LogP contribution in [0.4, 0.5) is 13.2 Å². The van der Waals surface area contributed by atoms with E-state index < -0.39 is 31.6 Å². The summed E-state index contributed by atoms with van der Waals surface area (Å²) in [4.78, 5) is 10.8. The summed E-state index contributed by atoms with van der Waals surface area (Å²) in [5.74, 6) is 1.21. The third-order valence-corrected chi connectivity index (χ3v) is 4.20. The third kappa shape index (κ3) is 4.95. The topological polar surface area (TPSA) is 41.9 Å². The van der Waals surface area contributed by atoms with E-state index in [1.165, 1.54) is 5.94 Å². The van der Waals surface area contributed by atoms with Crippen molar-refractivity contribution in [1.82, 2.24) is 5.01 Å². The van der Waals surface area contributed by atoms with Gasteiger partial charge in [-0.2, -0.15) is 18.3 Å². The summed E-state index contributed by atoms with van der Waals surface area (Å²) >= 11 is 0. The fourth-order valence-corrected chi connectivity index (χ4v) is 2.12. The molecule has 0 N–H and O–H groups in total. The summed E-state index contributed by atoms with van der Waals surface area (Å²) in [5, 5.41) is 4.39. The van der Waals surface area contributed by atoms with Crippen molar-refractivity contribution in [3.05, 3.63) is 17.3 Å². The highest BCUT2D eigenvalue weighted by Gasteiger charge is 2.39. The number of hydrazone groups is 1. The van der Waals surface area contributed by atoms with Crippen molar-refractivity contribution in [3.8, 4) is 0 Å². The molecule has 0 aromatic carbocycles. The zero-order valence-electron chi connectivity index (χ0n) is 12.5. The Morgan fingerprint density at radius 1 is 1.50 bits per heavy atom. The van der Waals surface area contributed by atoms with Gasteiger partial charge in [-0.25, -0.2) is 9.80 Å². The van der Waals surface area contributed by atoms with E-state index >= 15 is 0 Å². The van der Waals surface area contributed by atoms with Gasteiger partial charge in [-0.1, -0.05) is 19.6 Å². The molecule has 1 heterocycles. The van der Waals surface area contributed by atoms with Gasteiger partial charge in [0.25, 0.3) is 0 Å². The molecule has 4 nitrogen and oxygen atoms in total. The molecule has 0 radical (unpaired) electrons. The molecule has 0 atom stereocenters. The molecule has 112 valence electrons. The number of nitrogens with zero attached hydrogens (tertiary/aromatic N) is 2. The average molecular weight is 307 g/mol. The van der Waals surface area contributed by atoms with Crippen molar-refractivity contribution in [1.29, 1.82) is 0 Å². The number of ether oxygens (including phenoxy) is 1. The van der Waals surface area contributed by atoms with Crippen LogP contribution in [0.15, 0.2) is 22.4 Å². The lowest BCUT2D eigenvalue weighted by Crippen LogP contribution is -2.30. The smallest absolute Gasteiger partial charge is 0.359 e. The summed E-state index contributed by atoms with van der Waals surface area (Å²) in [7, 11) is -1.31. The lowest BCUT2D eigenvalue weighted by molar-refractivity contribution is -0.0928. The van der Waals surface area contributed by atoms with Gasteiger partial charge in [0.1, 0.15) is 6.73 Å². The molecule has 0 amide bonds. The Balaban J connectivity index is 2.75. The zero-order chi connectivity index (χ0) is 16.3. The molecule has 0 fully saturated rings. The Labute approximate surface area is 118 Å². The number of halogens is 3. The third-order valence-electron chi connectivity index (χ3n) is 2.49. The average Bonchev–Trinajstić information content (AvgIpc) is 2.32. The van der Waals surface area contributed by atoms with E-state index in [0.29, 0.717) is 6.61 Å². The Hall–Kier alpha value is -1.37. The van der Waals surface area contributed by atoms with Gasteiger partial charge < -0.3 is 4.74 Å². The molecule has 0 aliphatic carbocycles.